The van der Waals surface area contributed by atoms with E-state index in [2.05, 4.69) is 15.6 Å². The molecule has 2 saturated carbocycles. The molecule has 37 heavy (non-hydrogen) atoms. The van der Waals surface area contributed by atoms with Gasteiger partial charge in [0.05, 0.1) is 30.7 Å². The van der Waals surface area contributed by atoms with Crippen molar-refractivity contribution >= 4 is 29.3 Å². The lowest BCUT2D eigenvalue weighted by atomic mass is 9.95. The van der Waals surface area contributed by atoms with E-state index in [1.165, 1.54) is 16.1 Å². The largest absolute Gasteiger partial charge is 0.340 e. The number of rotatable bonds is 6. The average Bonchev–Trinajstić information content (AvgIpc) is 3.80. The number of hydrazine groups is 1. The molecular formula is C27H28FN5O4. The van der Waals surface area contributed by atoms with Crippen LogP contribution in [0.25, 0.3) is 0 Å². The average molecular weight is 506 g/mol. The van der Waals surface area contributed by atoms with Gasteiger partial charge in [-0.05, 0) is 50.2 Å². The standard InChI is InChI=1S/C27H28FN5O4/c1-15-21(10-17(28)12-29-15)30-22(34)11-20(16-6-7-16)24(35)31-23-18-4-2-3-5-19(18)25(36)32-13-27(8-9-27)14-33(32)26(23)37/h2-5,10,12,16,20,23H,6-9,11,13-14H2,1H3,(H,30,34)(H,31,35). The van der Waals surface area contributed by atoms with Gasteiger partial charge in [0.1, 0.15) is 11.9 Å². The Bertz CT molecular complexity index is 1320. The van der Waals surface area contributed by atoms with E-state index in [0.717, 1.165) is 31.9 Å². The highest BCUT2D eigenvalue weighted by molar-refractivity contribution is 6.03. The SMILES string of the molecule is Cc1ncc(F)cc1NC(=O)CC(C(=O)NC1C(=O)N2CC3(CC3)CN2C(=O)c2ccccc21)C1CC1. The molecule has 1 saturated heterocycles. The molecular weight excluding hydrogens is 477 g/mol. The number of halogens is 1. The quantitative estimate of drug-likeness (QED) is 0.627. The first-order chi connectivity index (χ1) is 17.7. The summed E-state index contributed by atoms with van der Waals surface area (Å²) in [5, 5.41) is 8.58. The Morgan fingerprint density at radius 2 is 1.89 bits per heavy atom. The maximum Gasteiger partial charge on any atom is 0.272 e. The summed E-state index contributed by atoms with van der Waals surface area (Å²) in [7, 11) is 0. The summed E-state index contributed by atoms with van der Waals surface area (Å²) in [5.41, 5.74) is 1.55. The summed E-state index contributed by atoms with van der Waals surface area (Å²) in [4.78, 5) is 57.4. The maximum atomic E-state index is 13.7. The fourth-order valence-electron chi connectivity index (χ4n) is 5.49. The number of hydrogen-bond acceptors (Lipinski definition) is 5. The highest BCUT2D eigenvalue weighted by atomic mass is 19.1. The molecule has 1 aromatic carbocycles. The number of nitrogens with zero attached hydrogens (tertiary/aromatic N) is 3. The predicted molar refractivity (Wildman–Crippen MR) is 130 cm³/mol. The van der Waals surface area contributed by atoms with Crippen LogP contribution in [0.15, 0.2) is 36.5 Å². The summed E-state index contributed by atoms with van der Waals surface area (Å²) in [6.07, 6.45) is 4.53. The number of amides is 4. The summed E-state index contributed by atoms with van der Waals surface area (Å²) in [6, 6.07) is 7.05. The minimum Gasteiger partial charge on any atom is -0.340 e. The smallest absolute Gasteiger partial charge is 0.272 e. The van der Waals surface area contributed by atoms with Gasteiger partial charge in [-0.2, -0.15) is 0 Å². The fourth-order valence-corrected chi connectivity index (χ4v) is 5.49. The van der Waals surface area contributed by atoms with E-state index in [9.17, 15) is 23.6 Å². The van der Waals surface area contributed by atoms with E-state index in [1.54, 1.807) is 31.2 Å². The molecule has 2 N–H and O–H groups in total. The Balaban J connectivity index is 1.23. The molecule has 1 aromatic heterocycles. The number of carbonyl (C=O) groups is 4. The Kier molecular flexibility index (Phi) is 5.50. The van der Waals surface area contributed by atoms with Crippen molar-refractivity contribution in [2.24, 2.45) is 17.3 Å². The molecule has 2 atom stereocenters. The van der Waals surface area contributed by atoms with Crippen LogP contribution in [0.1, 0.15) is 59.8 Å². The van der Waals surface area contributed by atoms with Crippen molar-refractivity contribution in [3.05, 3.63) is 59.2 Å². The third-order valence-electron chi connectivity index (χ3n) is 8.00. The predicted octanol–water partition coefficient (Wildman–Crippen LogP) is 2.73. The van der Waals surface area contributed by atoms with Gasteiger partial charge in [-0.25, -0.2) is 14.4 Å². The van der Waals surface area contributed by atoms with Gasteiger partial charge < -0.3 is 10.6 Å². The van der Waals surface area contributed by atoms with E-state index in [0.29, 0.717) is 29.9 Å². The van der Waals surface area contributed by atoms with Gasteiger partial charge in [0.25, 0.3) is 11.8 Å². The monoisotopic (exact) mass is 505 g/mol. The van der Waals surface area contributed by atoms with Crippen molar-refractivity contribution in [2.45, 2.75) is 45.1 Å². The van der Waals surface area contributed by atoms with E-state index in [4.69, 9.17) is 0 Å². The van der Waals surface area contributed by atoms with Gasteiger partial charge in [0.2, 0.25) is 11.8 Å². The van der Waals surface area contributed by atoms with Crippen molar-refractivity contribution in [3.63, 3.8) is 0 Å². The molecule has 4 amide bonds. The first kappa shape index (κ1) is 23.6. The molecule has 192 valence electrons. The molecule has 10 heteroatoms. The van der Waals surface area contributed by atoms with Crippen molar-refractivity contribution in [2.75, 3.05) is 18.4 Å². The molecule has 3 heterocycles. The lowest BCUT2D eigenvalue weighted by molar-refractivity contribution is -0.145. The van der Waals surface area contributed by atoms with Crippen molar-refractivity contribution < 1.29 is 23.6 Å². The molecule has 2 aromatic rings. The van der Waals surface area contributed by atoms with Crippen LogP contribution in [0.5, 0.6) is 0 Å². The second-order valence-corrected chi connectivity index (χ2v) is 10.8. The zero-order valence-corrected chi connectivity index (χ0v) is 20.5. The van der Waals surface area contributed by atoms with Crippen LogP contribution in [0.3, 0.4) is 0 Å². The number of aryl methyl sites for hydroxylation is 1. The first-order valence-corrected chi connectivity index (χ1v) is 12.7. The lowest BCUT2D eigenvalue weighted by Crippen LogP contribution is -2.48. The molecule has 3 fully saturated rings. The maximum absolute atomic E-state index is 13.7. The van der Waals surface area contributed by atoms with Gasteiger partial charge in [-0.15, -0.1) is 0 Å². The van der Waals surface area contributed by atoms with Crippen LogP contribution >= 0.6 is 0 Å². The van der Waals surface area contributed by atoms with Crippen molar-refractivity contribution in [3.8, 4) is 0 Å². The number of nitrogens with one attached hydrogen (secondary N) is 2. The van der Waals surface area contributed by atoms with Crippen LogP contribution < -0.4 is 10.6 Å². The number of fused-ring (bicyclic) bond motifs is 2. The van der Waals surface area contributed by atoms with Gasteiger partial charge in [0.15, 0.2) is 0 Å². The van der Waals surface area contributed by atoms with Crippen molar-refractivity contribution in [1.29, 1.82) is 0 Å². The summed E-state index contributed by atoms with van der Waals surface area (Å²) >= 11 is 0. The molecule has 1 spiro atoms. The lowest BCUT2D eigenvalue weighted by Gasteiger charge is -2.28. The summed E-state index contributed by atoms with van der Waals surface area (Å²) in [6.45, 7) is 2.63. The molecule has 0 radical (unpaired) electrons. The second-order valence-electron chi connectivity index (χ2n) is 10.8. The van der Waals surface area contributed by atoms with Crippen LogP contribution in [0.4, 0.5) is 10.1 Å². The molecule has 2 aliphatic heterocycles. The van der Waals surface area contributed by atoms with E-state index >= 15 is 0 Å². The number of anilines is 1. The highest BCUT2D eigenvalue weighted by Gasteiger charge is 2.56. The van der Waals surface area contributed by atoms with E-state index < -0.39 is 29.6 Å². The number of hydrogen-bond donors (Lipinski definition) is 2. The Morgan fingerprint density at radius 1 is 1.16 bits per heavy atom. The van der Waals surface area contributed by atoms with Gasteiger partial charge in [-0.3, -0.25) is 24.2 Å². The minimum atomic E-state index is -1.02. The molecule has 2 aliphatic carbocycles. The second kappa shape index (κ2) is 8.64. The van der Waals surface area contributed by atoms with E-state index in [1.807, 2.05) is 0 Å². The third-order valence-corrected chi connectivity index (χ3v) is 8.00. The van der Waals surface area contributed by atoms with E-state index in [-0.39, 0.29) is 35.3 Å². The fraction of sp³-hybridized carbons (Fsp3) is 0.444. The third kappa shape index (κ3) is 4.34. The van der Waals surface area contributed by atoms with Gasteiger partial charge in [0, 0.05) is 29.4 Å². The molecule has 6 rings (SSSR count). The van der Waals surface area contributed by atoms with Crippen LogP contribution in [0, 0.1) is 30.0 Å². The highest BCUT2D eigenvalue weighted by Crippen LogP contribution is 2.52. The molecule has 9 nitrogen and oxygen atoms in total. The topological polar surface area (TPSA) is 112 Å². The summed E-state index contributed by atoms with van der Waals surface area (Å²) < 4.78 is 13.6. The van der Waals surface area contributed by atoms with Gasteiger partial charge in [-0.1, -0.05) is 18.2 Å². The number of carbonyl (C=O) groups excluding carboxylic acids is 4. The zero-order chi connectivity index (χ0) is 25.9. The summed E-state index contributed by atoms with van der Waals surface area (Å²) in [5.74, 6) is -2.59. The molecule has 2 unspecified atom stereocenters. The van der Waals surface area contributed by atoms with Crippen LogP contribution in [0.2, 0.25) is 0 Å². The van der Waals surface area contributed by atoms with Crippen LogP contribution in [-0.4, -0.2) is 51.7 Å². The van der Waals surface area contributed by atoms with Crippen molar-refractivity contribution in [1.82, 2.24) is 20.3 Å². The number of pyridine rings is 1. The Labute approximate surface area is 213 Å². The van der Waals surface area contributed by atoms with Gasteiger partial charge >= 0.3 is 0 Å². The Morgan fingerprint density at radius 3 is 2.62 bits per heavy atom. The molecule has 4 aliphatic rings. The Hall–Kier alpha value is -3.82. The molecule has 0 bridgehead atoms. The zero-order valence-electron chi connectivity index (χ0n) is 20.5. The number of benzene rings is 1. The number of aromatic nitrogens is 1. The minimum absolute atomic E-state index is 0.0215. The first-order valence-electron chi connectivity index (χ1n) is 12.7. The normalized spacial score (nSPS) is 22.3. The van der Waals surface area contributed by atoms with Crippen LogP contribution in [-0.2, 0) is 14.4 Å².